The van der Waals surface area contributed by atoms with E-state index < -0.39 is 43.2 Å². The number of carboxylic acids is 2. The molecule has 0 aromatic carbocycles. The number of carboxylic acid groups (broad SMARTS) is 2. The van der Waals surface area contributed by atoms with Crippen LogP contribution in [0, 0.1) is 0 Å². The zero-order chi connectivity index (χ0) is 12.0. The second-order valence-corrected chi connectivity index (χ2v) is 2.63. The minimum Gasteiger partial charge on any atom is -0.481 e. The fraction of sp³-hybridized carbons (Fsp3) is 0.571. The predicted molar refractivity (Wildman–Crippen MR) is 42.4 cm³/mol. The Balaban J connectivity index is 4.22. The van der Waals surface area contributed by atoms with Crippen LogP contribution in [0.3, 0.4) is 0 Å². The molecule has 15 heavy (non-hydrogen) atoms. The van der Waals surface area contributed by atoms with Gasteiger partial charge in [-0.2, -0.15) is 8.78 Å². The number of alkyl halides is 2. The number of aliphatic carboxylic acids is 2. The molecule has 0 saturated carbocycles. The monoisotopic (exact) mass is 225 g/mol. The molecule has 3 N–H and O–H groups in total. The highest BCUT2D eigenvalue weighted by atomic mass is 19.3. The first-order valence-electron chi connectivity index (χ1n) is 3.87. The van der Waals surface area contributed by atoms with Crippen molar-refractivity contribution in [2.75, 3.05) is 0 Å². The molecule has 0 aromatic heterocycles. The van der Waals surface area contributed by atoms with E-state index in [2.05, 4.69) is 0 Å². The van der Waals surface area contributed by atoms with Gasteiger partial charge in [0.25, 0.3) is 5.91 Å². The summed E-state index contributed by atoms with van der Waals surface area (Å²) in [6.45, 7) is 0. The van der Waals surface area contributed by atoms with Crippen LogP contribution in [0.1, 0.15) is 12.8 Å². The average molecular weight is 225 g/mol. The van der Waals surface area contributed by atoms with E-state index in [0.29, 0.717) is 0 Å². The molecule has 0 aliphatic heterocycles. The summed E-state index contributed by atoms with van der Waals surface area (Å²) in [5.41, 5.74) is 0. The summed E-state index contributed by atoms with van der Waals surface area (Å²) in [7, 11) is 0. The van der Waals surface area contributed by atoms with Gasteiger partial charge in [0, 0.05) is 6.42 Å². The summed E-state index contributed by atoms with van der Waals surface area (Å²) < 4.78 is 23.5. The zero-order valence-corrected chi connectivity index (χ0v) is 7.44. The van der Waals surface area contributed by atoms with Crippen molar-refractivity contribution in [3.05, 3.63) is 0 Å². The maximum atomic E-state index is 11.7. The summed E-state index contributed by atoms with van der Waals surface area (Å²) >= 11 is 0. The smallest absolute Gasteiger partial charge is 0.326 e. The van der Waals surface area contributed by atoms with Crippen LogP contribution >= 0.6 is 0 Å². The highest BCUT2D eigenvalue weighted by Crippen LogP contribution is 2.00. The van der Waals surface area contributed by atoms with Crippen LogP contribution in [0.25, 0.3) is 0 Å². The van der Waals surface area contributed by atoms with Crippen LogP contribution < -0.4 is 5.32 Å². The van der Waals surface area contributed by atoms with Crippen molar-refractivity contribution in [1.82, 2.24) is 5.32 Å². The summed E-state index contributed by atoms with van der Waals surface area (Å²) in [4.78, 5) is 30.9. The van der Waals surface area contributed by atoms with E-state index in [0.717, 1.165) is 0 Å². The second-order valence-electron chi connectivity index (χ2n) is 2.63. The van der Waals surface area contributed by atoms with E-state index in [-0.39, 0.29) is 0 Å². The minimum absolute atomic E-state index is 0.441. The first-order chi connectivity index (χ1) is 6.84. The van der Waals surface area contributed by atoms with Crippen LogP contribution in [-0.4, -0.2) is 40.5 Å². The zero-order valence-electron chi connectivity index (χ0n) is 7.44. The average Bonchev–Trinajstić information content (AvgIpc) is 2.10. The summed E-state index contributed by atoms with van der Waals surface area (Å²) in [5, 5.41) is 18.2. The van der Waals surface area contributed by atoms with Gasteiger partial charge in [-0.3, -0.25) is 9.59 Å². The van der Waals surface area contributed by atoms with Gasteiger partial charge in [0.15, 0.2) is 0 Å². The second kappa shape index (κ2) is 5.89. The molecule has 0 aliphatic carbocycles. The molecule has 0 bridgehead atoms. The molecule has 0 fully saturated rings. The molecule has 1 atom stereocenters. The van der Waals surface area contributed by atoms with E-state index >= 15 is 0 Å². The standard InChI is InChI=1S/C7H9F2NO5/c8-5(9)6(13)10-3(7(14)15)1-2-4(11)12/h3,5H,1-2H2,(H,10,13)(H,11,12)(H,14,15)/t3-/m0/s1. The lowest BCUT2D eigenvalue weighted by Gasteiger charge is -2.12. The normalized spacial score (nSPS) is 12.2. The molecule has 8 heteroatoms. The van der Waals surface area contributed by atoms with Crippen molar-refractivity contribution in [2.45, 2.75) is 25.3 Å². The van der Waals surface area contributed by atoms with Crippen molar-refractivity contribution in [3.63, 3.8) is 0 Å². The van der Waals surface area contributed by atoms with E-state index in [1.807, 2.05) is 0 Å². The first-order valence-corrected chi connectivity index (χ1v) is 3.87. The number of hydrogen-bond donors (Lipinski definition) is 3. The minimum atomic E-state index is -3.32. The molecule has 0 heterocycles. The Morgan fingerprint density at radius 1 is 1.20 bits per heavy atom. The van der Waals surface area contributed by atoms with Gasteiger partial charge in [-0.1, -0.05) is 0 Å². The van der Waals surface area contributed by atoms with Gasteiger partial charge in [-0.15, -0.1) is 0 Å². The molecule has 0 rings (SSSR count). The van der Waals surface area contributed by atoms with Crippen LogP contribution in [-0.2, 0) is 14.4 Å². The topological polar surface area (TPSA) is 104 Å². The maximum absolute atomic E-state index is 11.7. The third kappa shape index (κ3) is 5.55. The summed E-state index contributed by atoms with van der Waals surface area (Å²) in [5.74, 6) is -4.55. The largest absolute Gasteiger partial charge is 0.481 e. The van der Waals surface area contributed by atoms with Gasteiger partial charge in [0.1, 0.15) is 6.04 Å². The lowest BCUT2D eigenvalue weighted by Crippen LogP contribution is -2.43. The Labute approximate surface area is 82.9 Å². The Kier molecular flexibility index (Phi) is 5.21. The van der Waals surface area contributed by atoms with Crippen molar-refractivity contribution in [1.29, 1.82) is 0 Å². The SMILES string of the molecule is O=C(O)CC[C@H](NC(=O)C(F)F)C(=O)O. The number of rotatable bonds is 6. The molecule has 6 nitrogen and oxygen atoms in total. The first kappa shape index (κ1) is 13.3. The van der Waals surface area contributed by atoms with Gasteiger partial charge in [-0.25, -0.2) is 4.79 Å². The Bertz CT molecular complexity index is 268. The van der Waals surface area contributed by atoms with E-state index in [4.69, 9.17) is 10.2 Å². The van der Waals surface area contributed by atoms with E-state index in [1.165, 1.54) is 5.32 Å². The van der Waals surface area contributed by atoms with E-state index in [1.54, 1.807) is 0 Å². The number of nitrogens with one attached hydrogen (secondary N) is 1. The third-order valence-electron chi connectivity index (χ3n) is 1.46. The molecule has 0 saturated heterocycles. The summed E-state index contributed by atoms with van der Waals surface area (Å²) in [6, 6.07) is -1.61. The van der Waals surface area contributed by atoms with Gasteiger partial charge in [0.05, 0.1) is 0 Å². The molecule has 86 valence electrons. The number of amides is 1. The van der Waals surface area contributed by atoms with Gasteiger partial charge >= 0.3 is 18.4 Å². The molecule has 0 unspecified atom stereocenters. The number of halogens is 2. The van der Waals surface area contributed by atoms with E-state index in [9.17, 15) is 23.2 Å². The Hall–Kier alpha value is -1.73. The molecule has 0 radical (unpaired) electrons. The Morgan fingerprint density at radius 2 is 1.73 bits per heavy atom. The molecular weight excluding hydrogens is 216 g/mol. The van der Waals surface area contributed by atoms with Crippen LogP contribution in [0.5, 0.6) is 0 Å². The highest BCUT2D eigenvalue weighted by molar-refractivity contribution is 5.85. The number of carbonyl (C=O) groups excluding carboxylic acids is 1. The van der Waals surface area contributed by atoms with Gasteiger partial charge < -0.3 is 15.5 Å². The van der Waals surface area contributed by atoms with Crippen LogP contribution in [0.2, 0.25) is 0 Å². The van der Waals surface area contributed by atoms with Crippen LogP contribution in [0.4, 0.5) is 8.78 Å². The fourth-order valence-electron chi connectivity index (χ4n) is 0.760. The molecule has 0 spiro atoms. The molecule has 1 amide bonds. The fourth-order valence-corrected chi connectivity index (χ4v) is 0.760. The third-order valence-corrected chi connectivity index (χ3v) is 1.46. The number of carbonyl (C=O) groups is 3. The quantitative estimate of drug-likeness (QED) is 0.575. The molecular formula is C7H9F2NO5. The van der Waals surface area contributed by atoms with Crippen molar-refractivity contribution < 1.29 is 33.4 Å². The molecule has 0 aliphatic rings. The maximum Gasteiger partial charge on any atom is 0.326 e. The predicted octanol–water partition coefficient (Wildman–Crippen LogP) is -0.314. The Morgan fingerprint density at radius 3 is 2.07 bits per heavy atom. The van der Waals surface area contributed by atoms with Crippen LogP contribution in [0.15, 0.2) is 0 Å². The van der Waals surface area contributed by atoms with Crippen molar-refractivity contribution in [3.8, 4) is 0 Å². The van der Waals surface area contributed by atoms with Crippen molar-refractivity contribution >= 4 is 17.8 Å². The number of hydrogen-bond acceptors (Lipinski definition) is 3. The van der Waals surface area contributed by atoms with Gasteiger partial charge in [-0.05, 0) is 6.42 Å². The highest BCUT2D eigenvalue weighted by Gasteiger charge is 2.24. The summed E-state index contributed by atoms with van der Waals surface area (Å²) in [6.07, 6.45) is -4.29. The molecule has 0 aromatic rings. The lowest BCUT2D eigenvalue weighted by atomic mass is 10.1. The van der Waals surface area contributed by atoms with Gasteiger partial charge in [0.2, 0.25) is 0 Å². The lowest BCUT2D eigenvalue weighted by molar-refractivity contribution is -0.145. The van der Waals surface area contributed by atoms with Crippen molar-refractivity contribution in [2.24, 2.45) is 0 Å².